The zero-order valence-electron chi connectivity index (χ0n) is 17.0. The molecule has 3 rings (SSSR count). The number of aliphatic hydroxyl groups is 1. The Morgan fingerprint density at radius 2 is 2.06 bits per heavy atom. The number of imidazole rings is 1. The summed E-state index contributed by atoms with van der Waals surface area (Å²) in [5.41, 5.74) is 9.92. The molecule has 0 aliphatic carbocycles. The Morgan fingerprint density at radius 1 is 1.35 bits per heavy atom. The van der Waals surface area contributed by atoms with Gasteiger partial charge < -0.3 is 46.0 Å². The molecule has 1 unspecified atom stereocenters. The molecule has 1 saturated heterocycles. The van der Waals surface area contributed by atoms with Crippen molar-refractivity contribution in [3.63, 3.8) is 0 Å². The number of phosphoric acid groups is 2. The number of carbonyl (C=O) groups is 1. The van der Waals surface area contributed by atoms with E-state index < -0.39 is 58.4 Å². The summed E-state index contributed by atoms with van der Waals surface area (Å²) in [4.78, 5) is 61.0. The normalized spacial score (nSPS) is 24.7. The molecule has 3 heterocycles. The van der Waals surface area contributed by atoms with E-state index in [0.717, 1.165) is 10.9 Å². The van der Waals surface area contributed by atoms with Crippen LogP contribution in [-0.4, -0.2) is 83.4 Å². The number of ether oxygens (including phenoxy) is 2. The fraction of sp³-hybridized carbons (Fsp3) is 0.538. The van der Waals surface area contributed by atoms with Crippen molar-refractivity contribution in [2.75, 3.05) is 25.4 Å². The predicted molar refractivity (Wildman–Crippen MR) is 109 cm³/mol. The Morgan fingerprint density at radius 3 is 2.71 bits per heavy atom. The standard InChI is InChI=1S/C13H21N7O12P2/c14-1-2-16-13(23)31-8-7(21)5(3-29-34(27,28)32-33(24,25)26)30-11(8)20-4-17-6-9(20)18-12(15)19-10(6)22/h4-5,7-8,11,21H,1-3,14H2,(H,16,23)(H,27,28)(H2,24,25,26)(H3,15,18,19,22)/t5-,7-,8-,11-/m1/s1. The van der Waals surface area contributed by atoms with Crippen molar-refractivity contribution < 1.29 is 52.0 Å². The van der Waals surface area contributed by atoms with Gasteiger partial charge in [-0.1, -0.05) is 0 Å². The van der Waals surface area contributed by atoms with Crippen LogP contribution >= 0.6 is 15.6 Å². The highest BCUT2D eigenvalue weighted by molar-refractivity contribution is 7.60. The quantitative estimate of drug-likeness (QED) is 0.153. The third-order valence-electron chi connectivity index (χ3n) is 4.31. The monoisotopic (exact) mass is 529 g/mol. The van der Waals surface area contributed by atoms with Gasteiger partial charge in [-0.25, -0.2) is 18.9 Å². The van der Waals surface area contributed by atoms with Crippen molar-refractivity contribution in [2.45, 2.75) is 24.5 Å². The van der Waals surface area contributed by atoms with E-state index in [0.29, 0.717) is 0 Å². The van der Waals surface area contributed by atoms with Gasteiger partial charge in [-0.05, 0) is 0 Å². The molecule has 0 radical (unpaired) electrons. The minimum absolute atomic E-state index is 0.0363. The summed E-state index contributed by atoms with van der Waals surface area (Å²) in [6.45, 7) is -0.810. The summed E-state index contributed by atoms with van der Waals surface area (Å²) in [6.07, 6.45) is -6.01. The van der Waals surface area contributed by atoms with Crippen LogP contribution in [0, 0.1) is 0 Å². The lowest BCUT2D eigenvalue weighted by atomic mass is 10.1. The van der Waals surface area contributed by atoms with Crippen LogP contribution < -0.4 is 22.3 Å². The zero-order valence-corrected chi connectivity index (χ0v) is 18.7. The van der Waals surface area contributed by atoms with E-state index in [2.05, 4.69) is 29.1 Å². The fourth-order valence-corrected chi connectivity index (χ4v) is 4.60. The highest BCUT2D eigenvalue weighted by Crippen LogP contribution is 2.57. The molecule has 5 atom stereocenters. The average molecular weight is 529 g/mol. The van der Waals surface area contributed by atoms with Gasteiger partial charge in [0, 0.05) is 13.1 Å². The van der Waals surface area contributed by atoms with E-state index in [-0.39, 0.29) is 30.2 Å². The van der Waals surface area contributed by atoms with Crippen LogP contribution in [0.3, 0.4) is 0 Å². The Balaban J connectivity index is 1.89. The van der Waals surface area contributed by atoms with Gasteiger partial charge in [0.05, 0.1) is 12.9 Å². The predicted octanol–water partition coefficient (Wildman–Crippen LogP) is -2.76. The first-order valence-corrected chi connectivity index (χ1v) is 12.3. The van der Waals surface area contributed by atoms with Gasteiger partial charge in [-0.15, -0.1) is 0 Å². The number of nitrogens with one attached hydrogen (secondary N) is 2. The highest BCUT2D eigenvalue weighted by Gasteiger charge is 2.49. The zero-order chi connectivity index (χ0) is 25.3. The van der Waals surface area contributed by atoms with E-state index in [1.54, 1.807) is 0 Å². The van der Waals surface area contributed by atoms with Gasteiger partial charge in [0.2, 0.25) is 5.95 Å². The molecule has 2 aromatic heterocycles. The molecule has 0 aromatic carbocycles. The molecule has 1 amide bonds. The second-order valence-corrected chi connectivity index (χ2v) is 9.58. The molecule has 190 valence electrons. The lowest BCUT2D eigenvalue weighted by molar-refractivity contribution is -0.0522. The molecule has 0 spiro atoms. The van der Waals surface area contributed by atoms with Crippen LogP contribution in [-0.2, 0) is 27.4 Å². The van der Waals surface area contributed by atoms with Crippen LogP contribution in [0.1, 0.15) is 6.23 Å². The molecule has 10 N–H and O–H groups in total. The highest BCUT2D eigenvalue weighted by atomic mass is 31.3. The maximum absolute atomic E-state index is 12.1. The minimum atomic E-state index is -5.39. The number of aromatic amines is 1. The molecule has 19 nitrogen and oxygen atoms in total. The molecule has 34 heavy (non-hydrogen) atoms. The van der Waals surface area contributed by atoms with Gasteiger partial charge in [-0.3, -0.25) is 18.9 Å². The number of nitrogens with zero attached hydrogens (tertiary/aromatic N) is 3. The van der Waals surface area contributed by atoms with Gasteiger partial charge in [0.1, 0.15) is 12.2 Å². The van der Waals surface area contributed by atoms with E-state index in [1.807, 2.05) is 0 Å². The van der Waals surface area contributed by atoms with Crippen LogP contribution in [0.15, 0.2) is 11.1 Å². The summed E-state index contributed by atoms with van der Waals surface area (Å²) in [7, 11) is -10.7. The lowest BCUT2D eigenvalue weighted by Crippen LogP contribution is -2.40. The summed E-state index contributed by atoms with van der Waals surface area (Å²) < 4.78 is 42.6. The second kappa shape index (κ2) is 10.0. The maximum atomic E-state index is 12.1. The second-order valence-electron chi connectivity index (χ2n) is 6.75. The summed E-state index contributed by atoms with van der Waals surface area (Å²) in [5, 5.41) is 13.0. The van der Waals surface area contributed by atoms with Gasteiger partial charge >= 0.3 is 21.7 Å². The van der Waals surface area contributed by atoms with Crippen molar-refractivity contribution >= 4 is 38.9 Å². The smallest absolute Gasteiger partial charge is 0.439 e. The Hall–Kier alpha value is -2.44. The summed E-state index contributed by atoms with van der Waals surface area (Å²) in [5.74, 6) is -0.272. The molecule has 1 aliphatic heterocycles. The number of carbonyl (C=O) groups excluding carboxylic acids is 1. The Kier molecular flexibility index (Phi) is 7.73. The number of aliphatic hydroxyl groups excluding tert-OH is 1. The molecule has 1 aliphatic rings. The van der Waals surface area contributed by atoms with Gasteiger partial charge in [0.15, 0.2) is 23.5 Å². The number of anilines is 1. The number of fused-ring (bicyclic) bond motifs is 1. The lowest BCUT2D eigenvalue weighted by Gasteiger charge is -2.22. The van der Waals surface area contributed by atoms with Crippen LogP contribution in [0.4, 0.5) is 10.7 Å². The first-order valence-electron chi connectivity index (χ1n) is 9.26. The minimum Gasteiger partial charge on any atom is -0.439 e. The number of H-pyrrole nitrogens is 1. The number of alkyl carbamates (subject to hydrolysis) is 1. The molecule has 0 bridgehead atoms. The van der Waals surface area contributed by atoms with Crippen LogP contribution in [0.25, 0.3) is 11.2 Å². The summed E-state index contributed by atoms with van der Waals surface area (Å²) >= 11 is 0. The number of hydrogen-bond donors (Lipinski definition) is 8. The largest absolute Gasteiger partial charge is 0.481 e. The van der Waals surface area contributed by atoms with E-state index in [4.69, 9.17) is 30.7 Å². The first-order chi connectivity index (χ1) is 15.8. The number of hydrogen-bond acceptors (Lipinski definition) is 13. The van der Waals surface area contributed by atoms with E-state index in [1.165, 1.54) is 0 Å². The molecular weight excluding hydrogens is 508 g/mol. The topological polar surface area (TPSA) is 297 Å². The van der Waals surface area contributed by atoms with E-state index >= 15 is 0 Å². The fourth-order valence-electron chi connectivity index (χ4n) is 3.00. The number of aromatic nitrogens is 4. The Labute approximate surface area is 188 Å². The SMILES string of the molecule is NCCNC(=O)O[C@@H]1[C@H](O)[C@@H](COP(=O)(O)OP(=O)(O)O)O[C@H]1n1cnc2c(=O)[nH]c(N)nc21. The number of phosphoric ester groups is 1. The third-order valence-corrected chi connectivity index (χ3v) is 6.46. The van der Waals surface area contributed by atoms with Crippen molar-refractivity contribution in [1.82, 2.24) is 24.8 Å². The first kappa shape index (κ1) is 26.2. The molecule has 21 heteroatoms. The van der Waals surface area contributed by atoms with E-state index in [9.17, 15) is 28.7 Å². The van der Waals surface area contributed by atoms with Gasteiger partial charge in [-0.2, -0.15) is 9.29 Å². The summed E-state index contributed by atoms with van der Waals surface area (Å²) in [6, 6.07) is 0. The van der Waals surface area contributed by atoms with Crippen molar-refractivity contribution in [3.05, 3.63) is 16.7 Å². The van der Waals surface area contributed by atoms with Crippen molar-refractivity contribution in [1.29, 1.82) is 0 Å². The van der Waals surface area contributed by atoms with Crippen molar-refractivity contribution in [2.24, 2.45) is 5.73 Å². The molecule has 2 aromatic rings. The van der Waals surface area contributed by atoms with Crippen LogP contribution in [0.2, 0.25) is 0 Å². The number of nitrogen functional groups attached to an aromatic ring is 1. The molecule has 1 fully saturated rings. The van der Waals surface area contributed by atoms with Crippen LogP contribution in [0.5, 0.6) is 0 Å². The molecule has 0 saturated carbocycles. The molecular formula is C13H21N7O12P2. The number of rotatable bonds is 9. The van der Waals surface area contributed by atoms with Gasteiger partial charge in [0.25, 0.3) is 5.56 Å². The average Bonchev–Trinajstić information content (AvgIpc) is 3.25. The third kappa shape index (κ3) is 6.16. The maximum Gasteiger partial charge on any atom is 0.481 e. The number of amides is 1. The number of nitrogens with two attached hydrogens (primary N) is 2. The van der Waals surface area contributed by atoms with Crippen molar-refractivity contribution in [3.8, 4) is 0 Å². The Bertz CT molecular complexity index is 1200.